The van der Waals surface area contributed by atoms with E-state index in [4.69, 9.17) is 9.57 Å². The van der Waals surface area contributed by atoms with Crippen molar-refractivity contribution in [3.05, 3.63) is 47.2 Å². The lowest BCUT2D eigenvalue weighted by Gasteiger charge is -2.31. The van der Waals surface area contributed by atoms with Crippen molar-refractivity contribution in [2.24, 2.45) is 5.92 Å². The van der Waals surface area contributed by atoms with E-state index < -0.39 is 48.3 Å². The highest BCUT2D eigenvalue weighted by Gasteiger charge is 2.64. The summed E-state index contributed by atoms with van der Waals surface area (Å²) in [4.78, 5) is 29.9. The van der Waals surface area contributed by atoms with Gasteiger partial charge in [0, 0.05) is 6.54 Å². The molecule has 0 N–H and O–H groups in total. The van der Waals surface area contributed by atoms with Gasteiger partial charge in [-0.05, 0) is 12.0 Å². The smallest absolute Gasteiger partial charge is 0.393 e. The Labute approximate surface area is 147 Å². The average molecular weight is 371 g/mol. The first-order valence-electron chi connectivity index (χ1n) is 7.75. The van der Waals surface area contributed by atoms with Crippen LogP contribution in [0.2, 0.25) is 0 Å². The van der Waals surface area contributed by atoms with Crippen molar-refractivity contribution in [1.82, 2.24) is 5.06 Å². The average Bonchev–Trinajstić information content (AvgIpc) is 3.15. The van der Waals surface area contributed by atoms with Gasteiger partial charge in [-0.15, -0.1) is 5.06 Å². The molecular formula is C17H16F3NO5. The van der Waals surface area contributed by atoms with Gasteiger partial charge in [0.05, 0.1) is 20.1 Å². The van der Waals surface area contributed by atoms with E-state index in [1.165, 1.54) is 0 Å². The number of methoxy groups -OCH3 is 2. The minimum Gasteiger partial charge on any atom is -0.465 e. The van der Waals surface area contributed by atoms with E-state index in [-0.39, 0.29) is 5.57 Å². The van der Waals surface area contributed by atoms with E-state index in [0.29, 0.717) is 5.56 Å². The molecule has 6 nitrogen and oxygen atoms in total. The predicted octanol–water partition coefficient (Wildman–Crippen LogP) is 2.31. The van der Waals surface area contributed by atoms with Gasteiger partial charge in [0.1, 0.15) is 11.1 Å². The molecule has 0 bridgehead atoms. The van der Waals surface area contributed by atoms with Crippen molar-refractivity contribution in [3.63, 3.8) is 0 Å². The van der Waals surface area contributed by atoms with Crippen LogP contribution in [0, 0.1) is 5.92 Å². The Balaban J connectivity index is 2.23. The molecule has 26 heavy (non-hydrogen) atoms. The summed E-state index contributed by atoms with van der Waals surface area (Å²) < 4.78 is 49.5. The summed E-state index contributed by atoms with van der Waals surface area (Å²) in [6, 6.07) is 8.12. The van der Waals surface area contributed by atoms with Gasteiger partial charge in [0.2, 0.25) is 5.76 Å². The van der Waals surface area contributed by atoms with E-state index in [2.05, 4.69) is 4.74 Å². The van der Waals surface area contributed by atoms with Gasteiger partial charge in [-0.3, -0.25) is 0 Å². The minimum atomic E-state index is -4.48. The van der Waals surface area contributed by atoms with Crippen LogP contribution in [0.4, 0.5) is 13.2 Å². The van der Waals surface area contributed by atoms with Gasteiger partial charge in [-0.25, -0.2) is 9.59 Å². The number of hydroxylamine groups is 2. The number of benzene rings is 1. The highest BCUT2D eigenvalue weighted by atomic mass is 19.4. The molecule has 2 atom stereocenters. The third-order valence-corrected chi connectivity index (χ3v) is 4.67. The van der Waals surface area contributed by atoms with E-state index in [9.17, 15) is 22.8 Å². The first kappa shape index (κ1) is 18.2. The number of nitrogens with zero attached hydrogens (tertiary/aromatic N) is 1. The van der Waals surface area contributed by atoms with Crippen molar-refractivity contribution < 1.29 is 37.1 Å². The lowest BCUT2D eigenvalue weighted by atomic mass is 9.78. The molecule has 2 unspecified atom stereocenters. The fourth-order valence-electron chi connectivity index (χ4n) is 3.50. The number of carbonyl (C=O) groups is 2. The zero-order valence-corrected chi connectivity index (χ0v) is 14.0. The summed E-state index contributed by atoms with van der Waals surface area (Å²) >= 11 is 0. The molecule has 0 aliphatic carbocycles. The molecule has 3 rings (SSSR count). The number of halogens is 3. The number of hydrogen-bond acceptors (Lipinski definition) is 6. The molecule has 1 aromatic rings. The minimum absolute atomic E-state index is 0.287. The number of carbonyl (C=O) groups excluding carboxylic acids is 2. The van der Waals surface area contributed by atoms with E-state index in [1.807, 2.05) is 0 Å². The van der Waals surface area contributed by atoms with Crippen LogP contribution >= 0.6 is 0 Å². The van der Waals surface area contributed by atoms with E-state index in [0.717, 1.165) is 19.3 Å². The zero-order valence-electron chi connectivity index (χ0n) is 14.0. The van der Waals surface area contributed by atoms with Gasteiger partial charge >= 0.3 is 18.1 Å². The molecule has 2 heterocycles. The molecule has 9 heteroatoms. The topological polar surface area (TPSA) is 65.1 Å². The number of alkyl halides is 3. The van der Waals surface area contributed by atoms with Crippen LogP contribution in [0.1, 0.15) is 12.0 Å². The van der Waals surface area contributed by atoms with Crippen LogP contribution in [0.5, 0.6) is 0 Å². The standard InChI is InChI=1S/C17H16F3NO5/c1-24-14(22)12-13(15(23)25-2)26-21-9-11(17(18,19)20)8-16(12,21)10-6-4-3-5-7-10/h3-7,11H,8-9H2,1-2H3. The number of esters is 2. The first-order valence-corrected chi connectivity index (χ1v) is 7.75. The lowest BCUT2D eigenvalue weighted by molar-refractivity contribution is -0.186. The largest absolute Gasteiger partial charge is 0.465 e. The molecule has 0 amide bonds. The van der Waals surface area contributed by atoms with Gasteiger partial charge in [0.25, 0.3) is 0 Å². The Morgan fingerprint density at radius 3 is 2.31 bits per heavy atom. The monoisotopic (exact) mass is 371 g/mol. The van der Waals surface area contributed by atoms with Crippen molar-refractivity contribution in [2.75, 3.05) is 20.8 Å². The summed E-state index contributed by atoms with van der Waals surface area (Å²) in [6.45, 7) is -0.528. The van der Waals surface area contributed by atoms with Gasteiger partial charge < -0.3 is 14.3 Å². The summed E-state index contributed by atoms with van der Waals surface area (Å²) in [7, 11) is 2.17. The summed E-state index contributed by atoms with van der Waals surface area (Å²) in [5, 5.41) is 1.03. The third kappa shape index (κ3) is 2.63. The maximum absolute atomic E-state index is 13.4. The van der Waals surface area contributed by atoms with Crippen molar-refractivity contribution >= 4 is 11.9 Å². The Morgan fingerprint density at radius 2 is 1.77 bits per heavy atom. The third-order valence-electron chi connectivity index (χ3n) is 4.67. The van der Waals surface area contributed by atoms with Crippen LogP contribution < -0.4 is 0 Å². The second-order valence-electron chi connectivity index (χ2n) is 6.01. The van der Waals surface area contributed by atoms with Gasteiger partial charge in [-0.1, -0.05) is 30.3 Å². The molecular weight excluding hydrogens is 355 g/mol. The number of hydrogen-bond donors (Lipinski definition) is 0. The second kappa shape index (κ2) is 6.31. The number of fused-ring (bicyclic) bond motifs is 1. The second-order valence-corrected chi connectivity index (χ2v) is 6.01. The maximum atomic E-state index is 13.4. The molecule has 0 aromatic heterocycles. The Bertz CT molecular complexity index is 761. The molecule has 1 fully saturated rings. The summed E-state index contributed by atoms with van der Waals surface area (Å²) in [5.41, 5.74) is -1.48. The van der Waals surface area contributed by atoms with E-state index in [1.54, 1.807) is 30.3 Å². The molecule has 0 radical (unpaired) electrons. The molecule has 2 aliphatic rings. The molecule has 2 aliphatic heterocycles. The fourth-order valence-corrected chi connectivity index (χ4v) is 3.50. The molecule has 1 saturated heterocycles. The number of rotatable bonds is 3. The SMILES string of the molecule is COC(=O)C1=C(C(=O)OC)C2(c3ccccc3)CC(C(F)(F)F)CN2O1. The molecule has 0 spiro atoms. The molecule has 0 saturated carbocycles. The van der Waals surface area contributed by atoms with Crippen molar-refractivity contribution in [3.8, 4) is 0 Å². The van der Waals surface area contributed by atoms with Crippen molar-refractivity contribution in [1.29, 1.82) is 0 Å². The van der Waals surface area contributed by atoms with E-state index >= 15 is 0 Å². The summed E-state index contributed by atoms with van der Waals surface area (Å²) in [6.07, 6.45) is -4.96. The quantitative estimate of drug-likeness (QED) is 0.760. The van der Waals surface area contributed by atoms with Gasteiger partial charge in [-0.2, -0.15) is 13.2 Å². The fraction of sp³-hybridized carbons (Fsp3) is 0.412. The summed E-state index contributed by atoms with van der Waals surface area (Å²) in [5.74, 6) is -4.09. The van der Waals surface area contributed by atoms with Crippen LogP contribution in [0.25, 0.3) is 0 Å². The number of ether oxygens (including phenoxy) is 2. The molecule has 1 aromatic carbocycles. The first-order chi connectivity index (χ1) is 12.3. The highest BCUT2D eigenvalue weighted by Crippen LogP contribution is 2.55. The van der Waals surface area contributed by atoms with Gasteiger partial charge in [0.15, 0.2) is 0 Å². The van der Waals surface area contributed by atoms with Crippen LogP contribution in [0.15, 0.2) is 41.7 Å². The Hall–Kier alpha value is -2.55. The van der Waals surface area contributed by atoms with Crippen LogP contribution in [0.3, 0.4) is 0 Å². The molecule has 140 valence electrons. The zero-order chi connectivity index (χ0) is 19.1. The lowest BCUT2D eigenvalue weighted by Crippen LogP contribution is -2.40. The Kier molecular flexibility index (Phi) is 4.43. The highest BCUT2D eigenvalue weighted by molar-refractivity contribution is 6.01. The maximum Gasteiger partial charge on any atom is 0.393 e. The Morgan fingerprint density at radius 1 is 1.15 bits per heavy atom. The predicted molar refractivity (Wildman–Crippen MR) is 81.1 cm³/mol. The van der Waals surface area contributed by atoms with Crippen LogP contribution in [-0.2, 0) is 29.4 Å². The van der Waals surface area contributed by atoms with Crippen LogP contribution in [-0.4, -0.2) is 43.9 Å². The normalized spacial score (nSPS) is 25.7. The van der Waals surface area contributed by atoms with Crippen molar-refractivity contribution in [2.45, 2.75) is 18.1 Å².